The van der Waals surface area contributed by atoms with Crippen LogP contribution >= 0.6 is 11.6 Å². The van der Waals surface area contributed by atoms with Crippen molar-refractivity contribution in [2.45, 2.75) is 63.7 Å². The van der Waals surface area contributed by atoms with Crippen LogP contribution < -0.4 is 4.90 Å². The number of benzene rings is 1. The number of carbonyl (C=O) groups is 3. The monoisotopic (exact) mass is 558 g/mol. The molecule has 0 saturated carbocycles. The molecule has 1 spiro atoms. The zero-order chi connectivity index (χ0) is 28.5. The molecule has 1 aromatic rings. The highest BCUT2D eigenvalue weighted by Crippen LogP contribution is 2.65. The van der Waals surface area contributed by atoms with Crippen molar-refractivity contribution >= 4 is 35.1 Å². The van der Waals surface area contributed by atoms with E-state index in [1.54, 1.807) is 23.1 Å². The molecule has 3 saturated heterocycles. The molecule has 3 aliphatic rings. The summed E-state index contributed by atoms with van der Waals surface area (Å²) < 4.78 is 12.4. The zero-order valence-electron chi connectivity index (χ0n) is 23.0. The molecule has 212 valence electrons. The van der Waals surface area contributed by atoms with Gasteiger partial charge in [-0.05, 0) is 57.1 Å². The van der Waals surface area contributed by atoms with Crippen LogP contribution in [-0.2, 0) is 23.9 Å². The maximum atomic E-state index is 14.6. The number of fused-ring (bicyclic) bond motifs is 1. The number of ether oxygens (including phenoxy) is 2. The molecule has 0 aliphatic carbocycles. The second kappa shape index (κ2) is 11.4. The van der Waals surface area contributed by atoms with E-state index in [9.17, 15) is 19.5 Å². The van der Waals surface area contributed by atoms with Crippen molar-refractivity contribution in [3.8, 4) is 0 Å². The average Bonchev–Trinajstić information content (AvgIpc) is 3.40. The number of carbonyl (C=O) groups excluding carboxylic acids is 3. The van der Waals surface area contributed by atoms with Gasteiger partial charge in [0.15, 0.2) is 0 Å². The van der Waals surface area contributed by atoms with Crippen LogP contribution in [0.25, 0.3) is 0 Å². The minimum Gasteiger partial charge on any atom is -0.465 e. The van der Waals surface area contributed by atoms with E-state index in [1.807, 2.05) is 32.9 Å². The van der Waals surface area contributed by atoms with Gasteiger partial charge in [0.25, 0.3) is 5.91 Å². The number of nitrogens with zero attached hydrogens (tertiary/aromatic N) is 2. The fraction of sp³-hybridized carbons (Fsp3) is 0.567. The van der Waals surface area contributed by atoms with Gasteiger partial charge in [0.1, 0.15) is 17.6 Å². The van der Waals surface area contributed by atoms with E-state index in [1.165, 1.54) is 4.90 Å². The third-order valence-electron chi connectivity index (χ3n) is 8.69. The summed E-state index contributed by atoms with van der Waals surface area (Å²) in [5.74, 6) is -2.96. The topological polar surface area (TPSA) is 96.4 Å². The fourth-order valence-corrected chi connectivity index (χ4v) is 7.21. The van der Waals surface area contributed by atoms with Crippen LogP contribution in [0.3, 0.4) is 0 Å². The average molecular weight is 559 g/mol. The summed E-state index contributed by atoms with van der Waals surface area (Å²) in [4.78, 5) is 45.2. The number of aryl methyl sites for hydroxylation is 1. The lowest BCUT2D eigenvalue weighted by Gasteiger charge is -2.37. The Morgan fingerprint density at radius 2 is 2.05 bits per heavy atom. The number of rotatable bonds is 12. The molecule has 2 bridgehead atoms. The van der Waals surface area contributed by atoms with Gasteiger partial charge in [-0.25, -0.2) is 0 Å². The minimum atomic E-state index is -1.21. The van der Waals surface area contributed by atoms with E-state index in [0.29, 0.717) is 30.0 Å². The van der Waals surface area contributed by atoms with Crippen LogP contribution in [0, 0.1) is 24.7 Å². The van der Waals surface area contributed by atoms with Gasteiger partial charge in [-0.2, -0.15) is 0 Å². The van der Waals surface area contributed by atoms with Gasteiger partial charge in [-0.15, -0.1) is 13.2 Å². The number of aliphatic hydroxyl groups excluding tert-OH is 1. The van der Waals surface area contributed by atoms with Gasteiger partial charge in [0.2, 0.25) is 5.91 Å². The number of likely N-dealkylation sites (tertiary alicyclic amines) is 1. The Morgan fingerprint density at radius 1 is 1.31 bits per heavy atom. The van der Waals surface area contributed by atoms with Gasteiger partial charge in [0, 0.05) is 19.7 Å². The quantitative estimate of drug-likeness (QED) is 0.236. The largest absolute Gasteiger partial charge is 0.465 e. The van der Waals surface area contributed by atoms with E-state index in [4.69, 9.17) is 21.1 Å². The number of halogens is 1. The molecule has 39 heavy (non-hydrogen) atoms. The second-order valence-corrected chi connectivity index (χ2v) is 11.5. The third-order valence-corrected chi connectivity index (χ3v) is 9.00. The zero-order valence-corrected chi connectivity index (χ0v) is 23.8. The predicted molar refractivity (Wildman–Crippen MR) is 149 cm³/mol. The number of aliphatic hydroxyl groups is 1. The molecule has 8 nitrogen and oxygen atoms in total. The van der Waals surface area contributed by atoms with E-state index in [2.05, 4.69) is 13.2 Å². The number of hydrogen-bond acceptors (Lipinski definition) is 6. The summed E-state index contributed by atoms with van der Waals surface area (Å²) in [6, 6.07) is 4.40. The first-order chi connectivity index (χ1) is 18.6. The Balaban J connectivity index is 1.79. The molecule has 3 aliphatic heterocycles. The Bertz CT molecular complexity index is 1140. The molecular formula is C30H39ClN2O6. The van der Waals surface area contributed by atoms with Gasteiger partial charge in [-0.1, -0.05) is 42.8 Å². The number of allylic oxidation sites excluding steroid dienone is 1. The first-order valence-electron chi connectivity index (χ1n) is 13.7. The van der Waals surface area contributed by atoms with Crippen LogP contribution in [0.5, 0.6) is 0 Å². The highest BCUT2D eigenvalue weighted by molar-refractivity contribution is 6.34. The van der Waals surface area contributed by atoms with Crippen LogP contribution in [0.1, 0.15) is 45.1 Å². The number of esters is 1. The van der Waals surface area contributed by atoms with Crippen molar-refractivity contribution in [3.63, 3.8) is 0 Å². The Morgan fingerprint density at radius 3 is 2.69 bits per heavy atom. The molecule has 3 unspecified atom stereocenters. The van der Waals surface area contributed by atoms with E-state index in [-0.39, 0.29) is 50.5 Å². The number of amides is 2. The molecule has 6 atom stereocenters. The predicted octanol–water partition coefficient (Wildman–Crippen LogP) is 4.07. The Hall–Kier alpha value is -2.68. The van der Waals surface area contributed by atoms with Gasteiger partial charge < -0.3 is 24.4 Å². The second-order valence-electron chi connectivity index (χ2n) is 11.1. The van der Waals surface area contributed by atoms with Crippen LogP contribution in [0.2, 0.25) is 5.02 Å². The van der Waals surface area contributed by atoms with Gasteiger partial charge in [-0.3, -0.25) is 14.4 Å². The highest BCUT2D eigenvalue weighted by Gasteiger charge is 2.80. The molecule has 0 aromatic heterocycles. The first-order valence-corrected chi connectivity index (χ1v) is 14.0. The Labute approximate surface area is 235 Å². The summed E-state index contributed by atoms with van der Waals surface area (Å²) in [5.41, 5.74) is -0.822. The lowest BCUT2D eigenvalue weighted by molar-refractivity contribution is -0.161. The number of anilines is 1. The van der Waals surface area contributed by atoms with Crippen molar-refractivity contribution in [2.75, 3.05) is 31.2 Å². The molecule has 1 aromatic carbocycles. The molecule has 4 rings (SSSR count). The van der Waals surface area contributed by atoms with E-state index < -0.39 is 35.0 Å². The van der Waals surface area contributed by atoms with E-state index in [0.717, 1.165) is 5.56 Å². The smallest absolute Gasteiger partial charge is 0.312 e. The maximum Gasteiger partial charge on any atom is 0.312 e. The van der Waals surface area contributed by atoms with Crippen molar-refractivity contribution < 1.29 is 29.0 Å². The number of para-hydroxylation sites is 1. The normalized spacial score (nSPS) is 30.8. The summed E-state index contributed by atoms with van der Waals surface area (Å²) in [7, 11) is 0. The molecule has 2 amide bonds. The molecule has 9 heteroatoms. The summed E-state index contributed by atoms with van der Waals surface area (Å²) in [6.07, 6.45) is 5.45. The number of hydrogen-bond donors (Lipinski definition) is 1. The summed E-state index contributed by atoms with van der Waals surface area (Å²) in [5, 5.41) is 10.0. The number of unbranched alkanes of at least 4 members (excludes halogenated alkanes) is 1. The van der Waals surface area contributed by atoms with Crippen LogP contribution in [-0.4, -0.2) is 71.3 Å². The standard InChI is InChI=1S/C30H39ClN2O6/c1-6-8-9-17-38-28(37)23-22-26(35)33(15-11-16-34)25(30(22)18-20(4)29(23,5)39-30)27(36)32(14-7-2)24-19(3)12-10-13-21(24)31/h6-7,10,12-13,20,22-23,25,34H,1-2,8-9,11,14-18H2,3-5H3/t20?,22-,23-,25?,29+,30?/m0/s1. The van der Waals surface area contributed by atoms with Crippen LogP contribution in [0.4, 0.5) is 5.69 Å². The maximum absolute atomic E-state index is 14.6. The first kappa shape index (κ1) is 29.3. The summed E-state index contributed by atoms with van der Waals surface area (Å²) >= 11 is 6.59. The highest BCUT2D eigenvalue weighted by atomic mass is 35.5. The van der Waals surface area contributed by atoms with Gasteiger partial charge in [0.05, 0.1) is 28.8 Å². The third kappa shape index (κ3) is 4.70. The SMILES string of the molecule is C=CCCCOC(=O)[C@@H]1[C@H]2C(=O)N(CCCO)C(C(=O)N(CC=C)c3c(C)cccc3Cl)C23CC(C)[C@@]1(C)O3. The molecule has 1 N–H and O–H groups in total. The summed E-state index contributed by atoms with van der Waals surface area (Å²) in [6.45, 7) is 13.7. The Kier molecular flexibility index (Phi) is 8.59. The van der Waals surface area contributed by atoms with Crippen molar-refractivity contribution in [3.05, 3.63) is 54.1 Å². The molecular weight excluding hydrogens is 520 g/mol. The lowest BCUT2D eigenvalue weighted by atomic mass is 9.62. The van der Waals surface area contributed by atoms with Gasteiger partial charge >= 0.3 is 5.97 Å². The molecule has 3 fully saturated rings. The van der Waals surface area contributed by atoms with Crippen molar-refractivity contribution in [1.82, 2.24) is 4.90 Å². The van der Waals surface area contributed by atoms with Crippen molar-refractivity contribution in [2.24, 2.45) is 17.8 Å². The van der Waals surface area contributed by atoms with Crippen LogP contribution in [0.15, 0.2) is 43.5 Å². The molecule has 0 radical (unpaired) electrons. The minimum absolute atomic E-state index is 0.102. The lowest BCUT2D eigenvalue weighted by Crippen LogP contribution is -2.57. The van der Waals surface area contributed by atoms with E-state index >= 15 is 0 Å². The van der Waals surface area contributed by atoms with Crippen molar-refractivity contribution in [1.29, 1.82) is 0 Å². The fourth-order valence-electron chi connectivity index (χ4n) is 6.88. The molecule has 3 heterocycles.